The molecule has 1 N–H and O–H groups in total. The zero-order valence-electron chi connectivity index (χ0n) is 11.0. The number of hydrogen-bond acceptors (Lipinski definition) is 4. The van der Waals surface area contributed by atoms with E-state index in [0.29, 0.717) is 5.15 Å². The zero-order chi connectivity index (χ0) is 13.9. The number of halogens is 1. The molecule has 100 valence electrons. The summed E-state index contributed by atoms with van der Waals surface area (Å²) in [5.41, 5.74) is 2.72. The number of nitrogens with zero attached hydrogens (tertiary/aromatic N) is 3. The molecule has 0 bridgehead atoms. The monoisotopic (exact) mass is 284 g/mol. The van der Waals surface area contributed by atoms with Crippen molar-refractivity contribution in [2.75, 3.05) is 5.32 Å². The van der Waals surface area contributed by atoms with Gasteiger partial charge in [0.1, 0.15) is 17.3 Å². The van der Waals surface area contributed by atoms with Gasteiger partial charge in [-0.15, -0.1) is 0 Å². The van der Waals surface area contributed by atoms with Crippen LogP contribution in [0.5, 0.6) is 0 Å². The highest BCUT2D eigenvalue weighted by Crippen LogP contribution is 2.27. The van der Waals surface area contributed by atoms with Crippen LogP contribution in [0.1, 0.15) is 12.5 Å². The average molecular weight is 285 g/mol. The highest BCUT2D eigenvalue weighted by Gasteiger charge is 2.09. The normalized spacial score (nSPS) is 10.7. The molecule has 2 heterocycles. The number of aromatic nitrogens is 3. The molecule has 20 heavy (non-hydrogen) atoms. The van der Waals surface area contributed by atoms with E-state index >= 15 is 0 Å². The molecule has 2 aromatic heterocycles. The first kappa shape index (κ1) is 12.8. The number of hydrogen-bond donors (Lipinski definition) is 1. The third kappa shape index (κ3) is 2.30. The Hall–Kier alpha value is -2.20. The van der Waals surface area contributed by atoms with Crippen LogP contribution < -0.4 is 5.32 Å². The standard InChI is InChI=1S/C15H13ClN4/c1-2-11-14(16)18-9-19-15(11)20-12-7-3-5-10-6-4-8-17-13(10)12/h3-9H,2H2,1H3,(H,18,19,20). The lowest BCUT2D eigenvalue weighted by Gasteiger charge is -2.11. The summed E-state index contributed by atoms with van der Waals surface area (Å²) in [6.07, 6.45) is 4.00. The summed E-state index contributed by atoms with van der Waals surface area (Å²) in [4.78, 5) is 12.7. The molecule has 0 atom stereocenters. The van der Waals surface area contributed by atoms with Crippen LogP contribution in [0, 0.1) is 0 Å². The van der Waals surface area contributed by atoms with Gasteiger partial charge in [-0.2, -0.15) is 0 Å². The molecule has 4 nitrogen and oxygen atoms in total. The number of nitrogens with one attached hydrogen (secondary N) is 1. The minimum Gasteiger partial charge on any atom is -0.338 e. The van der Waals surface area contributed by atoms with Gasteiger partial charge in [-0.3, -0.25) is 4.98 Å². The van der Waals surface area contributed by atoms with Gasteiger partial charge < -0.3 is 5.32 Å². The molecule has 0 spiro atoms. The van der Waals surface area contributed by atoms with Gasteiger partial charge in [0.2, 0.25) is 0 Å². The van der Waals surface area contributed by atoms with E-state index in [9.17, 15) is 0 Å². The molecule has 0 aliphatic heterocycles. The highest BCUT2D eigenvalue weighted by molar-refractivity contribution is 6.30. The summed E-state index contributed by atoms with van der Waals surface area (Å²) >= 11 is 6.11. The van der Waals surface area contributed by atoms with Gasteiger partial charge >= 0.3 is 0 Å². The van der Waals surface area contributed by atoms with Crippen molar-refractivity contribution in [1.82, 2.24) is 15.0 Å². The molecular formula is C15H13ClN4. The minimum absolute atomic E-state index is 0.484. The van der Waals surface area contributed by atoms with Crippen molar-refractivity contribution in [2.45, 2.75) is 13.3 Å². The summed E-state index contributed by atoms with van der Waals surface area (Å²) < 4.78 is 0. The lowest BCUT2D eigenvalue weighted by Crippen LogP contribution is -2.01. The predicted octanol–water partition coefficient (Wildman–Crippen LogP) is 3.98. The molecule has 0 saturated heterocycles. The second-order valence-corrected chi connectivity index (χ2v) is 4.71. The fourth-order valence-electron chi connectivity index (χ4n) is 2.14. The average Bonchev–Trinajstić information content (AvgIpc) is 2.48. The number of benzene rings is 1. The van der Waals surface area contributed by atoms with Crippen LogP contribution in [-0.4, -0.2) is 15.0 Å². The van der Waals surface area contributed by atoms with E-state index in [1.54, 1.807) is 6.20 Å². The van der Waals surface area contributed by atoms with Crippen molar-refractivity contribution in [3.63, 3.8) is 0 Å². The van der Waals surface area contributed by atoms with Crippen LogP contribution in [0.4, 0.5) is 11.5 Å². The largest absolute Gasteiger partial charge is 0.338 e. The molecule has 0 aliphatic carbocycles. The number of para-hydroxylation sites is 1. The van der Waals surface area contributed by atoms with E-state index < -0.39 is 0 Å². The van der Waals surface area contributed by atoms with Gasteiger partial charge in [0.15, 0.2) is 0 Å². The van der Waals surface area contributed by atoms with Crippen molar-refractivity contribution in [3.8, 4) is 0 Å². The summed E-state index contributed by atoms with van der Waals surface area (Å²) in [7, 11) is 0. The van der Waals surface area contributed by atoms with Crippen molar-refractivity contribution >= 4 is 34.0 Å². The molecule has 0 saturated carbocycles. The Morgan fingerprint density at radius 1 is 1.10 bits per heavy atom. The molecule has 5 heteroatoms. The molecular weight excluding hydrogens is 272 g/mol. The SMILES string of the molecule is CCc1c(Cl)ncnc1Nc1cccc2cccnc12. The molecule has 1 aromatic carbocycles. The van der Waals surface area contributed by atoms with Crippen LogP contribution in [-0.2, 0) is 6.42 Å². The van der Waals surface area contributed by atoms with E-state index in [1.807, 2.05) is 37.3 Å². The van der Waals surface area contributed by atoms with Crippen LogP contribution in [0.2, 0.25) is 5.15 Å². The van der Waals surface area contributed by atoms with E-state index in [0.717, 1.165) is 34.4 Å². The first-order valence-corrected chi connectivity index (χ1v) is 6.77. The lowest BCUT2D eigenvalue weighted by molar-refractivity contribution is 1.05. The molecule has 3 rings (SSSR count). The minimum atomic E-state index is 0.484. The second kappa shape index (κ2) is 5.43. The maximum Gasteiger partial charge on any atom is 0.138 e. The Balaban J connectivity index is 2.08. The predicted molar refractivity (Wildman–Crippen MR) is 81.4 cm³/mol. The number of anilines is 2. The lowest BCUT2D eigenvalue weighted by atomic mass is 10.2. The van der Waals surface area contributed by atoms with E-state index in [4.69, 9.17) is 11.6 Å². The maximum atomic E-state index is 6.11. The summed E-state index contributed by atoms with van der Waals surface area (Å²) in [6.45, 7) is 2.02. The van der Waals surface area contributed by atoms with Gasteiger partial charge in [0, 0.05) is 17.1 Å². The van der Waals surface area contributed by atoms with Crippen LogP contribution in [0.3, 0.4) is 0 Å². The molecule has 3 aromatic rings. The van der Waals surface area contributed by atoms with Gasteiger partial charge in [0.25, 0.3) is 0 Å². The van der Waals surface area contributed by atoms with Crippen molar-refractivity contribution in [2.24, 2.45) is 0 Å². The first-order valence-electron chi connectivity index (χ1n) is 6.39. The Morgan fingerprint density at radius 2 is 1.95 bits per heavy atom. The fraction of sp³-hybridized carbons (Fsp3) is 0.133. The summed E-state index contributed by atoms with van der Waals surface area (Å²) in [5.74, 6) is 0.727. The first-order chi connectivity index (χ1) is 9.79. The summed E-state index contributed by atoms with van der Waals surface area (Å²) in [6, 6.07) is 9.94. The Labute approximate surface area is 121 Å². The quantitative estimate of drug-likeness (QED) is 0.739. The molecule has 0 amide bonds. The van der Waals surface area contributed by atoms with Crippen molar-refractivity contribution < 1.29 is 0 Å². The van der Waals surface area contributed by atoms with Crippen molar-refractivity contribution in [1.29, 1.82) is 0 Å². The van der Waals surface area contributed by atoms with Gasteiger partial charge in [-0.1, -0.05) is 36.7 Å². The smallest absolute Gasteiger partial charge is 0.138 e. The molecule has 0 radical (unpaired) electrons. The third-order valence-corrected chi connectivity index (χ3v) is 3.46. The van der Waals surface area contributed by atoms with Gasteiger partial charge in [-0.25, -0.2) is 9.97 Å². The van der Waals surface area contributed by atoms with Crippen molar-refractivity contribution in [3.05, 3.63) is 53.6 Å². The number of fused-ring (bicyclic) bond motifs is 1. The van der Waals surface area contributed by atoms with E-state index in [-0.39, 0.29) is 0 Å². The van der Waals surface area contributed by atoms with Crippen LogP contribution in [0.15, 0.2) is 42.9 Å². The Kier molecular flexibility index (Phi) is 3.48. The zero-order valence-corrected chi connectivity index (χ0v) is 11.7. The molecule has 0 aliphatic rings. The maximum absolute atomic E-state index is 6.11. The molecule has 0 fully saturated rings. The van der Waals surface area contributed by atoms with E-state index in [1.165, 1.54) is 6.33 Å². The fourth-order valence-corrected chi connectivity index (χ4v) is 2.41. The Bertz CT molecular complexity index is 752. The second-order valence-electron chi connectivity index (χ2n) is 4.35. The summed E-state index contributed by atoms with van der Waals surface area (Å²) in [5, 5.41) is 4.87. The van der Waals surface area contributed by atoms with E-state index in [2.05, 4.69) is 20.3 Å². The third-order valence-electron chi connectivity index (χ3n) is 3.13. The number of pyridine rings is 1. The molecule has 0 unspecified atom stereocenters. The van der Waals surface area contributed by atoms with Gasteiger partial charge in [0.05, 0.1) is 11.2 Å². The Morgan fingerprint density at radius 3 is 2.80 bits per heavy atom. The van der Waals surface area contributed by atoms with Gasteiger partial charge in [-0.05, 0) is 18.6 Å². The van der Waals surface area contributed by atoms with Crippen LogP contribution in [0.25, 0.3) is 10.9 Å². The van der Waals surface area contributed by atoms with Crippen LogP contribution >= 0.6 is 11.6 Å². The topological polar surface area (TPSA) is 50.7 Å². The highest BCUT2D eigenvalue weighted by atomic mass is 35.5. The number of rotatable bonds is 3.